The number of carbonyl (C=O) groups excluding carboxylic acids is 1. The lowest BCUT2D eigenvalue weighted by Gasteiger charge is -2.14. The molecular formula is C30H27F2N5O5. The zero-order valence-corrected chi connectivity index (χ0v) is 22.7. The van der Waals surface area contributed by atoms with Crippen LogP contribution in [-0.2, 0) is 6.42 Å². The molecule has 3 N–H and O–H groups in total. The number of aromatic amines is 1. The fourth-order valence-electron chi connectivity index (χ4n) is 4.38. The number of aromatic nitrogens is 4. The highest BCUT2D eigenvalue weighted by Crippen LogP contribution is 2.34. The summed E-state index contributed by atoms with van der Waals surface area (Å²) in [5.41, 5.74) is 0.256. The number of hydrogen-bond donors (Lipinski definition) is 3. The van der Waals surface area contributed by atoms with Gasteiger partial charge in [0.25, 0.3) is 5.56 Å². The summed E-state index contributed by atoms with van der Waals surface area (Å²) in [6.45, 7) is 3.58. The fourth-order valence-corrected chi connectivity index (χ4v) is 4.38. The van der Waals surface area contributed by atoms with Gasteiger partial charge in [-0.05, 0) is 61.9 Å². The number of anilines is 1. The summed E-state index contributed by atoms with van der Waals surface area (Å²) in [4.78, 5) is 30.9. The predicted molar refractivity (Wildman–Crippen MR) is 152 cm³/mol. The van der Waals surface area contributed by atoms with Gasteiger partial charge in [-0.2, -0.15) is 5.10 Å². The molecule has 0 aliphatic rings. The highest BCUT2D eigenvalue weighted by molar-refractivity contribution is 5.99. The lowest BCUT2D eigenvalue weighted by atomic mass is 10.0. The number of H-pyrrole nitrogens is 1. The van der Waals surface area contributed by atoms with E-state index in [-0.39, 0.29) is 48.5 Å². The van der Waals surface area contributed by atoms with Crippen LogP contribution in [0.3, 0.4) is 0 Å². The molecule has 216 valence electrons. The van der Waals surface area contributed by atoms with E-state index in [0.29, 0.717) is 28.1 Å². The van der Waals surface area contributed by atoms with Crippen LogP contribution in [-0.4, -0.2) is 49.9 Å². The SMILES string of the molecule is CCOc1ccn(-c2ccc(F)cc2)c(=O)c1C(=O)Cc1ccc(Oc2ccnc3[nH]nc(N[C@H](C)CO)c23)c(F)c1. The summed E-state index contributed by atoms with van der Waals surface area (Å²) in [5.74, 6) is -1.10. The third kappa shape index (κ3) is 5.84. The van der Waals surface area contributed by atoms with Gasteiger partial charge >= 0.3 is 0 Å². The van der Waals surface area contributed by atoms with Gasteiger partial charge in [-0.3, -0.25) is 19.3 Å². The molecule has 1 atom stereocenters. The first-order valence-electron chi connectivity index (χ1n) is 13.1. The first-order chi connectivity index (χ1) is 20.3. The molecule has 3 aromatic heterocycles. The number of nitrogens with one attached hydrogen (secondary N) is 2. The molecule has 2 aromatic carbocycles. The van der Waals surface area contributed by atoms with E-state index < -0.39 is 23.0 Å². The quantitative estimate of drug-likeness (QED) is 0.192. The molecule has 5 aromatic rings. The number of nitrogens with zero attached hydrogens (tertiary/aromatic N) is 3. The first kappa shape index (κ1) is 28.4. The molecule has 0 spiro atoms. The Morgan fingerprint density at radius 1 is 1.10 bits per heavy atom. The number of halogens is 2. The molecule has 0 unspecified atom stereocenters. The van der Waals surface area contributed by atoms with E-state index in [1.807, 2.05) is 0 Å². The lowest BCUT2D eigenvalue weighted by Crippen LogP contribution is -2.27. The number of ketones is 1. The Bertz CT molecular complexity index is 1800. The minimum absolute atomic E-state index is 0.102. The van der Waals surface area contributed by atoms with Crippen LogP contribution in [0.2, 0.25) is 0 Å². The summed E-state index contributed by atoms with van der Waals surface area (Å²) in [7, 11) is 0. The second kappa shape index (κ2) is 12.2. The molecule has 3 heterocycles. The first-order valence-corrected chi connectivity index (χ1v) is 13.1. The van der Waals surface area contributed by atoms with Crippen molar-refractivity contribution < 1.29 is 28.2 Å². The Morgan fingerprint density at radius 3 is 2.60 bits per heavy atom. The third-order valence-electron chi connectivity index (χ3n) is 6.40. The van der Waals surface area contributed by atoms with Crippen molar-refractivity contribution in [2.24, 2.45) is 0 Å². The van der Waals surface area contributed by atoms with Gasteiger partial charge < -0.3 is 19.9 Å². The maximum Gasteiger partial charge on any atom is 0.269 e. The monoisotopic (exact) mass is 575 g/mol. The Labute approximate surface area is 238 Å². The van der Waals surface area contributed by atoms with Gasteiger partial charge in [-0.1, -0.05) is 6.07 Å². The van der Waals surface area contributed by atoms with Crippen LogP contribution < -0.4 is 20.3 Å². The zero-order valence-electron chi connectivity index (χ0n) is 22.7. The van der Waals surface area contributed by atoms with Gasteiger partial charge in [0.1, 0.15) is 28.3 Å². The Kier molecular flexibility index (Phi) is 8.25. The van der Waals surface area contributed by atoms with Crippen LogP contribution in [0.4, 0.5) is 14.6 Å². The topological polar surface area (TPSA) is 131 Å². The Hall–Kier alpha value is -5.10. The third-order valence-corrected chi connectivity index (χ3v) is 6.40. The van der Waals surface area contributed by atoms with E-state index in [9.17, 15) is 19.1 Å². The van der Waals surface area contributed by atoms with Crippen molar-refractivity contribution in [2.75, 3.05) is 18.5 Å². The summed E-state index contributed by atoms with van der Waals surface area (Å²) >= 11 is 0. The number of aliphatic hydroxyl groups is 1. The maximum absolute atomic E-state index is 15.2. The number of hydrogen-bond acceptors (Lipinski definition) is 8. The molecule has 0 saturated heterocycles. The molecule has 0 saturated carbocycles. The largest absolute Gasteiger partial charge is 0.493 e. The summed E-state index contributed by atoms with van der Waals surface area (Å²) in [6, 6.07) is 12.1. The molecule has 0 bridgehead atoms. The van der Waals surface area contributed by atoms with Crippen molar-refractivity contribution in [3.8, 4) is 22.9 Å². The second-order valence-corrected chi connectivity index (χ2v) is 9.44. The van der Waals surface area contributed by atoms with Gasteiger partial charge in [-0.25, -0.2) is 13.8 Å². The summed E-state index contributed by atoms with van der Waals surface area (Å²) in [5, 5.41) is 19.8. The average Bonchev–Trinajstić information content (AvgIpc) is 3.38. The Morgan fingerprint density at radius 2 is 1.88 bits per heavy atom. The molecule has 0 aliphatic carbocycles. The van der Waals surface area contributed by atoms with Crippen LogP contribution in [0.5, 0.6) is 17.2 Å². The van der Waals surface area contributed by atoms with E-state index in [0.717, 1.165) is 6.07 Å². The van der Waals surface area contributed by atoms with E-state index >= 15 is 4.39 Å². The van der Waals surface area contributed by atoms with Gasteiger partial charge in [0.2, 0.25) is 0 Å². The number of ether oxygens (including phenoxy) is 2. The molecule has 10 nitrogen and oxygen atoms in total. The number of fused-ring (bicyclic) bond motifs is 1. The molecule has 0 amide bonds. The number of rotatable bonds is 11. The van der Waals surface area contributed by atoms with Gasteiger partial charge in [0.15, 0.2) is 28.8 Å². The van der Waals surface area contributed by atoms with Crippen molar-refractivity contribution in [1.82, 2.24) is 19.7 Å². The van der Waals surface area contributed by atoms with Crippen molar-refractivity contribution in [3.05, 3.63) is 100 Å². The van der Waals surface area contributed by atoms with Gasteiger partial charge in [0.05, 0.1) is 13.2 Å². The van der Waals surface area contributed by atoms with Gasteiger partial charge in [-0.15, -0.1) is 0 Å². The highest BCUT2D eigenvalue weighted by Gasteiger charge is 2.22. The average molecular weight is 576 g/mol. The number of aliphatic hydroxyl groups excluding tert-OH is 1. The standard InChI is InChI=1S/C30H27F2N5O5/c1-3-41-24-11-13-37(20-7-5-19(31)6-8-20)30(40)26(24)22(39)15-18-4-9-23(21(32)14-18)42-25-10-12-33-28-27(25)29(36-35-28)34-17(2)16-38/h4-14,17,38H,3,15-16H2,1-2H3,(H2,33,34,35,36)/t17-/m1/s1. The van der Waals surface area contributed by atoms with E-state index in [2.05, 4.69) is 20.5 Å². The van der Waals surface area contributed by atoms with Gasteiger partial charge in [0, 0.05) is 36.6 Å². The van der Waals surface area contributed by atoms with Crippen molar-refractivity contribution >= 4 is 22.6 Å². The fraction of sp³-hybridized carbons (Fsp3) is 0.200. The second-order valence-electron chi connectivity index (χ2n) is 9.44. The van der Waals surface area contributed by atoms with E-state index in [4.69, 9.17) is 9.47 Å². The predicted octanol–water partition coefficient (Wildman–Crippen LogP) is 4.80. The van der Waals surface area contributed by atoms with Crippen molar-refractivity contribution in [1.29, 1.82) is 0 Å². The number of carbonyl (C=O) groups is 1. The van der Waals surface area contributed by atoms with Crippen molar-refractivity contribution in [3.63, 3.8) is 0 Å². The van der Waals surface area contributed by atoms with Crippen LogP contribution in [0, 0.1) is 11.6 Å². The Balaban J connectivity index is 1.41. The van der Waals surface area contributed by atoms with Crippen LogP contribution in [0.25, 0.3) is 16.7 Å². The molecule has 0 fully saturated rings. The summed E-state index contributed by atoms with van der Waals surface area (Å²) < 4.78 is 41.3. The van der Waals surface area contributed by atoms with E-state index in [1.54, 1.807) is 19.9 Å². The maximum atomic E-state index is 15.2. The number of pyridine rings is 2. The lowest BCUT2D eigenvalue weighted by molar-refractivity contribution is 0.0987. The molecular weight excluding hydrogens is 548 g/mol. The minimum atomic E-state index is -0.728. The minimum Gasteiger partial charge on any atom is -0.493 e. The number of benzene rings is 2. The van der Waals surface area contributed by atoms with E-state index in [1.165, 1.54) is 59.4 Å². The van der Waals surface area contributed by atoms with Crippen LogP contribution in [0.1, 0.15) is 29.8 Å². The normalized spacial score (nSPS) is 11.8. The van der Waals surface area contributed by atoms with Crippen LogP contribution >= 0.6 is 0 Å². The molecule has 12 heteroatoms. The number of Topliss-reactive ketones (excluding diaryl/α,β-unsaturated/α-hetero) is 1. The molecule has 5 rings (SSSR count). The van der Waals surface area contributed by atoms with Crippen LogP contribution in [0.15, 0.2) is 71.8 Å². The summed E-state index contributed by atoms with van der Waals surface area (Å²) in [6.07, 6.45) is 2.65. The molecule has 0 aliphatic heterocycles. The van der Waals surface area contributed by atoms with Crippen molar-refractivity contribution in [2.45, 2.75) is 26.3 Å². The zero-order chi connectivity index (χ0) is 29.8. The smallest absolute Gasteiger partial charge is 0.269 e. The highest BCUT2D eigenvalue weighted by atomic mass is 19.1. The molecule has 42 heavy (non-hydrogen) atoms. The molecule has 0 radical (unpaired) electrons.